The first kappa shape index (κ1) is 16.0. The van der Waals surface area contributed by atoms with Gasteiger partial charge in [-0.05, 0) is 43.3 Å². The quantitative estimate of drug-likeness (QED) is 0.857. The van der Waals surface area contributed by atoms with Crippen LogP contribution in [-0.2, 0) is 9.59 Å². The van der Waals surface area contributed by atoms with Crippen LogP contribution in [0.1, 0.15) is 13.3 Å². The number of nitrogens with zero attached hydrogens (tertiary/aromatic N) is 1. The van der Waals surface area contributed by atoms with Gasteiger partial charge in [0.25, 0.3) is 5.91 Å². The molecule has 1 N–H and O–H groups in total. The lowest BCUT2D eigenvalue weighted by molar-refractivity contribution is -0.121. The van der Waals surface area contributed by atoms with E-state index in [0.717, 1.165) is 4.90 Å². The third kappa shape index (κ3) is 3.08. The molecule has 2 aromatic rings. The van der Waals surface area contributed by atoms with Gasteiger partial charge in [0, 0.05) is 0 Å². The lowest BCUT2D eigenvalue weighted by atomic mass is 10.2. The average molecular weight is 328 g/mol. The second kappa shape index (κ2) is 6.70. The summed E-state index contributed by atoms with van der Waals surface area (Å²) in [5, 5.41) is 3.07. The fourth-order valence-electron chi connectivity index (χ4n) is 2.66. The van der Waals surface area contributed by atoms with Crippen LogP contribution in [0.2, 0.25) is 0 Å². The van der Waals surface area contributed by atoms with Crippen LogP contribution in [0.4, 0.5) is 15.8 Å². The highest BCUT2D eigenvalue weighted by molar-refractivity contribution is 6.23. The summed E-state index contributed by atoms with van der Waals surface area (Å²) in [5.41, 5.74) is 1.03. The third-order valence-electron chi connectivity index (χ3n) is 3.75. The van der Waals surface area contributed by atoms with E-state index in [-0.39, 0.29) is 18.2 Å². The SMILES string of the molecule is CCOc1ccccc1NC1CC(=O)N(c2ccc(F)cc2)C1=O. The van der Waals surface area contributed by atoms with Crippen molar-refractivity contribution in [2.45, 2.75) is 19.4 Å². The number of benzene rings is 2. The molecule has 124 valence electrons. The third-order valence-corrected chi connectivity index (χ3v) is 3.75. The van der Waals surface area contributed by atoms with Crippen molar-refractivity contribution >= 4 is 23.2 Å². The molecule has 0 saturated carbocycles. The minimum Gasteiger partial charge on any atom is -0.492 e. The molecule has 0 spiro atoms. The van der Waals surface area contributed by atoms with E-state index >= 15 is 0 Å². The fourth-order valence-corrected chi connectivity index (χ4v) is 2.66. The Bertz CT molecular complexity index is 761. The highest BCUT2D eigenvalue weighted by Crippen LogP contribution is 2.29. The molecule has 1 aliphatic rings. The molecule has 0 aromatic heterocycles. The number of carbonyl (C=O) groups excluding carboxylic acids is 2. The first-order valence-corrected chi connectivity index (χ1v) is 7.71. The van der Waals surface area contributed by atoms with Crippen LogP contribution in [0.25, 0.3) is 0 Å². The smallest absolute Gasteiger partial charge is 0.256 e. The van der Waals surface area contributed by atoms with Crippen molar-refractivity contribution in [1.29, 1.82) is 0 Å². The van der Waals surface area contributed by atoms with Gasteiger partial charge in [-0.15, -0.1) is 0 Å². The number of carbonyl (C=O) groups is 2. The molecule has 1 aliphatic heterocycles. The largest absolute Gasteiger partial charge is 0.492 e. The zero-order valence-electron chi connectivity index (χ0n) is 13.2. The topological polar surface area (TPSA) is 58.6 Å². The lowest BCUT2D eigenvalue weighted by Crippen LogP contribution is -2.34. The normalized spacial score (nSPS) is 17.2. The van der Waals surface area contributed by atoms with E-state index in [4.69, 9.17) is 4.74 Å². The number of halogens is 1. The monoisotopic (exact) mass is 328 g/mol. The second-order valence-corrected chi connectivity index (χ2v) is 5.37. The van der Waals surface area contributed by atoms with Crippen LogP contribution >= 0.6 is 0 Å². The molecule has 6 heteroatoms. The highest BCUT2D eigenvalue weighted by Gasteiger charge is 2.39. The molecule has 1 atom stereocenters. The summed E-state index contributed by atoms with van der Waals surface area (Å²) < 4.78 is 18.6. The Kier molecular flexibility index (Phi) is 4.46. The number of para-hydroxylation sites is 2. The van der Waals surface area contributed by atoms with Gasteiger partial charge in [-0.2, -0.15) is 0 Å². The molecule has 1 unspecified atom stereocenters. The molecule has 1 saturated heterocycles. The van der Waals surface area contributed by atoms with Crippen LogP contribution in [-0.4, -0.2) is 24.5 Å². The average Bonchev–Trinajstić information content (AvgIpc) is 2.85. The molecule has 24 heavy (non-hydrogen) atoms. The van der Waals surface area contributed by atoms with Gasteiger partial charge in [0.1, 0.15) is 17.6 Å². The molecule has 1 fully saturated rings. The number of hydrogen-bond donors (Lipinski definition) is 1. The number of nitrogens with one attached hydrogen (secondary N) is 1. The Hall–Kier alpha value is -2.89. The standard InChI is InChI=1S/C18H17FN2O3/c1-2-24-16-6-4-3-5-14(16)20-15-11-17(22)21(18(15)23)13-9-7-12(19)8-10-13/h3-10,15,20H,2,11H2,1H3. The van der Waals surface area contributed by atoms with E-state index in [1.54, 1.807) is 12.1 Å². The zero-order chi connectivity index (χ0) is 17.1. The van der Waals surface area contributed by atoms with E-state index in [1.807, 2.05) is 19.1 Å². The fraction of sp³-hybridized carbons (Fsp3) is 0.222. The van der Waals surface area contributed by atoms with Crippen LogP contribution in [0.5, 0.6) is 5.75 Å². The summed E-state index contributed by atoms with van der Waals surface area (Å²) in [6.45, 7) is 2.37. The zero-order valence-corrected chi connectivity index (χ0v) is 13.2. The van der Waals surface area contributed by atoms with Crippen molar-refractivity contribution in [3.05, 3.63) is 54.3 Å². The first-order valence-electron chi connectivity index (χ1n) is 7.71. The minimum atomic E-state index is -0.677. The molecule has 0 aliphatic carbocycles. The van der Waals surface area contributed by atoms with E-state index in [9.17, 15) is 14.0 Å². The Balaban J connectivity index is 1.81. The van der Waals surface area contributed by atoms with Crippen LogP contribution in [0.3, 0.4) is 0 Å². The van der Waals surface area contributed by atoms with Gasteiger partial charge in [0.15, 0.2) is 0 Å². The number of imide groups is 1. The first-order chi connectivity index (χ1) is 11.6. The Morgan fingerprint density at radius 1 is 1.17 bits per heavy atom. The molecule has 2 amide bonds. The summed E-state index contributed by atoms with van der Waals surface area (Å²) in [6, 6.07) is 11.9. The van der Waals surface area contributed by atoms with Gasteiger partial charge < -0.3 is 10.1 Å². The summed E-state index contributed by atoms with van der Waals surface area (Å²) in [7, 11) is 0. The summed E-state index contributed by atoms with van der Waals surface area (Å²) in [5.74, 6) is -0.477. The molecule has 1 heterocycles. The Morgan fingerprint density at radius 3 is 2.58 bits per heavy atom. The highest BCUT2D eigenvalue weighted by atomic mass is 19.1. The minimum absolute atomic E-state index is 0.0384. The molecular formula is C18H17FN2O3. The van der Waals surface area contributed by atoms with Crippen molar-refractivity contribution in [2.24, 2.45) is 0 Å². The summed E-state index contributed by atoms with van der Waals surface area (Å²) in [6.07, 6.45) is 0.0384. The maximum Gasteiger partial charge on any atom is 0.256 e. The van der Waals surface area contributed by atoms with Gasteiger partial charge in [-0.25, -0.2) is 9.29 Å². The number of hydrogen-bond acceptors (Lipinski definition) is 4. The van der Waals surface area contributed by atoms with E-state index in [2.05, 4.69) is 5.32 Å². The maximum absolute atomic E-state index is 13.0. The van der Waals surface area contributed by atoms with Crippen molar-refractivity contribution in [2.75, 3.05) is 16.8 Å². The van der Waals surface area contributed by atoms with Crippen LogP contribution < -0.4 is 15.0 Å². The van der Waals surface area contributed by atoms with Gasteiger partial charge >= 0.3 is 0 Å². The van der Waals surface area contributed by atoms with Gasteiger partial charge in [0.05, 0.1) is 24.4 Å². The summed E-state index contributed by atoms with van der Waals surface area (Å²) in [4.78, 5) is 25.9. The predicted molar refractivity (Wildman–Crippen MR) is 88.5 cm³/mol. The van der Waals surface area contributed by atoms with Crippen molar-refractivity contribution < 1.29 is 18.7 Å². The molecule has 0 bridgehead atoms. The predicted octanol–water partition coefficient (Wildman–Crippen LogP) is 2.97. The molecule has 3 rings (SSSR count). The van der Waals surface area contributed by atoms with Crippen LogP contribution in [0, 0.1) is 5.82 Å². The van der Waals surface area contributed by atoms with E-state index < -0.39 is 11.9 Å². The van der Waals surface area contributed by atoms with E-state index in [0.29, 0.717) is 23.7 Å². The number of rotatable bonds is 5. The number of anilines is 2. The summed E-state index contributed by atoms with van der Waals surface area (Å²) >= 11 is 0. The van der Waals surface area contributed by atoms with Gasteiger partial charge in [-0.1, -0.05) is 12.1 Å². The van der Waals surface area contributed by atoms with Crippen molar-refractivity contribution in [3.63, 3.8) is 0 Å². The van der Waals surface area contributed by atoms with Gasteiger partial charge in [0.2, 0.25) is 5.91 Å². The van der Waals surface area contributed by atoms with Crippen molar-refractivity contribution in [3.8, 4) is 5.75 Å². The number of ether oxygens (including phenoxy) is 1. The molecule has 5 nitrogen and oxygen atoms in total. The number of amides is 2. The molecule has 0 radical (unpaired) electrons. The second-order valence-electron chi connectivity index (χ2n) is 5.37. The van der Waals surface area contributed by atoms with E-state index in [1.165, 1.54) is 24.3 Å². The maximum atomic E-state index is 13.0. The lowest BCUT2D eigenvalue weighted by Gasteiger charge is -2.17. The molecule has 2 aromatic carbocycles. The Labute approximate surface area is 139 Å². The Morgan fingerprint density at radius 2 is 1.88 bits per heavy atom. The molecular weight excluding hydrogens is 311 g/mol. The van der Waals surface area contributed by atoms with Gasteiger partial charge in [-0.3, -0.25) is 9.59 Å². The van der Waals surface area contributed by atoms with Crippen molar-refractivity contribution in [1.82, 2.24) is 0 Å². The van der Waals surface area contributed by atoms with Crippen LogP contribution in [0.15, 0.2) is 48.5 Å².